The first-order valence-electron chi connectivity index (χ1n) is 11.7. The van der Waals surface area contributed by atoms with Crippen LogP contribution in [0.4, 0.5) is 0 Å². The lowest BCUT2D eigenvalue weighted by Crippen LogP contribution is -2.44. The molecule has 0 spiro atoms. The molecule has 8 heteroatoms. The molecular weight excluding hydrogens is 396 g/mol. The van der Waals surface area contributed by atoms with E-state index >= 15 is 0 Å². The van der Waals surface area contributed by atoms with E-state index in [0.717, 1.165) is 56.6 Å². The molecule has 1 aromatic heterocycles. The van der Waals surface area contributed by atoms with E-state index in [1.54, 1.807) is 6.07 Å². The van der Waals surface area contributed by atoms with Crippen molar-refractivity contribution < 1.29 is 14.3 Å². The van der Waals surface area contributed by atoms with E-state index < -0.39 is 0 Å². The van der Waals surface area contributed by atoms with Crippen molar-refractivity contribution >= 4 is 11.8 Å². The molecule has 1 aromatic rings. The van der Waals surface area contributed by atoms with Crippen molar-refractivity contribution in [2.75, 3.05) is 32.8 Å². The maximum absolute atomic E-state index is 12.8. The third kappa shape index (κ3) is 5.00. The highest BCUT2D eigenvalue weighted by Crippen LogP contribution is 2.30. The monoisotopic (exact) mass is 430 g/mol. The summed E-state index contributed by atoms with van der Waals surface area (Å²) in [5, 5.41) is 0. The van der Waals surface area contributed by atoms with Crippen LogP contribution in [0, 0.1) is 5.92 Å². The molecule has 3 fully saturated rings. The van der Waals surface area contributed by atoms with Gasteiger partial charge in [-0.15, -0.1) is 0 Å². The van der Waals surface area contributed by atoms with Crippen molar-refractivity contribution in [2.45, 2.75) is 70.3 Å². The first-order valence-corrected chi connectivity index (χ1v) is 11.7. The predicted octanol–water partition coefficient (Wildman–Crippen LogP) is 2.02. The summed E-state index contributed by atoms with van der Waals surface area (Å²) in [6, 6.07) is 1.59. The Morgan fingerprint density at radius 1 is 1.06 bits per heavy atom. The average molecular weight is 431 g/mol. The van der Waals surface area contributed by atoms with Crippen molar-refractivity contribution in [1.82, 2.24) is 19.8 Å². The van der Waals surface area contributed by atoms with Crippen LogP contribution in [0.2, 0.25) is 0 Å². The predicted molar refractivity (Wildman–Crippen MR) is 116 cm³/mol. The van der Waals surface area contributed by atoms with E-state index in [2.05, 4.69) is 4.98 Å². The number of carbonyl (C=O) groups is 2. The molecule has 0 aromatic carbocycles. The first-order chi connectivity index (χ1) is 14.9. The van der Waals surface area contributed by atoms with E-state index in [4.69, 9.17) is 9.72 Å². The Hall–Kier alpha value is -2.22. The number of piperidine rings is 2. The van der Waals surface area contributed by atoms with Gasteiger partial charge in [0.25, 0.3) is 11.5 Å². The Bertz CT molecular complexity index is 853. The van der Waals surface area contributed by atoms with Crippen LogP contribution in [0.5, 0.6) is 0 Å². The van der Waals surface area contributed by atoms with E-state index in [1.807, 2.05) is 23.6 Å². The first kappa shape index (κ1) is 22.0. The van der Waals surface area contributed by atoms with Gasteiger partial charge in [0, 0.05) is 56.6 Å². The molecule has 31 heavy (non-hydrogen) atoms. The number of nitrogens with one attached hydrogen (secondary N) is 1. The average Bonchev–Trinajstić information content (AvgIpc) is 3.33. The van der Waals surface area contributed by atoms with Crippen molar-refractivity contribution in [3.63, 3.8) is 0 Å². The summed E-state index contributed by atoms with van der Waals surface area (Å²) in [6.45, 7) is 7.24. The normalized spacial score (nSPS) is 25.3. The van der Waals surface area contributed by atoms with Gasteiger partial charge in [-0.25, -0.2) is 4.98 Å². The number of nitrogens with zero attached hydrogens (tertiary/aromatic N) is 3. The molecule has 2 atom stereocenters. The lowest BCUT2D eigenvalue weighted by Gasteiger charge is -2.34. The number of hydrogen-bond donors (Lipinski definition) is 1. The number of aromatic amines is 1. The van der Waals surface area contributed by atoms with Gasteiger partial charge >= 0.3 is 0 Å². The van der Waals surface area contributed by atoms with E-state index in [0.29, 0.717) is 26.2 Å². The highest BCUT2D eigenvalue weighted by Gasteiger charge is 2.33. The van der Waals surface area contributed by atoms with Gasteiger partial charge in [-0.1, -0.05) is 13.8 Å². The molecule has 0 aliphatic carbocycles. The van der Waals surface area contributed by atoms with Gasteiger partial charge in [0.05, 0.1) is 5.69 Å². The van der Waals surface area contributed by atoms with Crippen molar-refractivity contribution in [3.8, 4) is 0 Å². The summed E-state index contributed by atoms with van der Waals surface area (Å²) in [5.41, 5.74) is 0.646. The van der Waals surface area contributed by atoms with Gasteiger partial charge in [-0.3, -0.25) is 14.4 Å². The molecule has 170 valence electrons. The number of likely N-dealkylation sites (tertiary alicyclic amines) is 2. The molecule has 3 aliphatic rings. The fourth-order valence-electron chi connectivity index (χ4n) is 5.03. The highest BCUT2D eigenvalue weighted by molar-refractivity contribution is 5.81. The van der Waals surface area contributed by atoms with Crippen LogP contribution in [0.3, 0.4) is 0 Å². The van der Waals surface area contributed by atoms with E-state index in [1.165, 1.54) is 0 Å². The largest absolute Gasteiger partial charge is 0.368 e. The molecule has 8 nitrogen and oxygen atoms in total. The second-order valence-corrected chi connectivity index (χ2v) is 9.43. The third-order valence-electron chi connectivity index (χ3n) is 6.82. The number of amides is 2. The summed E-state index contributed by atoms with van der Waals surface area (Å²) in [6.07, 6.45) is 4.87. The van der Waals surface area contributed by atoms with Gasteiger partial charge < -0.3 is 19.5 Å². The lowest BCUT2D eigenvalue weighted by molar-refractivity contribution is -0.142. The quantitative estimate of drug-likeness (QED) is 0.788. The third-order valence-corrected chi connectivity index (χ3v) is 6.82. The zero-order valence-electron chi connectivity index (χ0n) is 18.6. The Morgan fingerprint density at radius 3 is 2.52 bits per heavy atom. The van der Waals surface area contributed by atoms with Crippen LogP contribution < -0.4 is 5.56 Å². The van der Waals surface area contributed by atoms with Crippen molar-refractivity contribution in [2.24, 2.45) is 5.92 Å². The minimum absolute atomic E-state index is 0.00407. The smallest absolute Gasteiger partial charge is 0.251 e. The number of ether oxygens (including phenoxy) is 1. The standard InChI is InChI=1S/C23H34N4O4/c1-15(2)22(29)26-10-7-16(8-11-26)21-24-18(13-20(28)25-21)17-5-3-9-27(14-17)23(30)19-6-4-12-31-19/h13,15-17,19H,3-12,14H2,1-2H3,(H,24,25,28)/t17-,19+/m1/s1. The molecule has 1 N–H and O–H groups in total. The Kier molecular flexibility index (Phi) is 6.74. The van der Waals surface area contributed by atoms with Crippen LogP contribution in [-0.4, -0.2) is 70.5 Å². The summed E-state index contributed by atoms with van der Waals surface area (Å²) in [4.78, 5) is 49.0. The van der Waals surface area contributed by atoms with Gasteiger partial charge in [0.15, 0.2) is 0 Å². The fraction of sp³-hybridized carbons (Fsp3) is 0.739. The molecule has 3 saturated heterocycles. The SMILES string of the molecule is CC(C)C(=O)N1CCC(c2nc([C@@H]3CCCN(C(=O)[C@@H]4CCCO4)C3)cc(=O)[nH]2)CC1. The van der Waals surface area contributed by atoms with Crippen molar-refractivity contribution in [3.05, 3.63) is 27.9 Å². The van der Waals surface area contributed by atoms with Crippen molar-refractivity contribution in [1.29, 1.82) is 0 Å². The number of H-pyrrole nitrogens is 1. The lowest BCUT2D eigenvalue weighted by atomic mass is 9.92. The zero-order valence-corrected chi connectivity index (χ0v) is 18.6. The molecule has 0 saturated carbocycles. The van der Waals surface area contributed by atoms with Gasteiger partial charge in [-0.05, 0) is 38.5 Å². The van der Waals surface area contributed by atoms with Crippen LogP contribution in [-0.2, 0) is 14.3 Å². The van der Waals surface area contributed by atoms with E-state index in [9.17, 15) is 14.4 Å². The maximum atomic E-state index is 12.8. The molecule has 4 heterocycles. The highest BCUT2D eigenvalue weighted by atomic mass is 16.5. The summed E-state index contributed by atoms with van der Waals surface area (Å²) >= 11 is 0. The van der Waals surface area contributed by atoms with Crippen LogP contribution in [0.1, 0.15) is 75.7 Å². The Morgan fingerprint density at radius 2 is 1.84 bits per heavy atom. The summed E-state index contributed by atoms with van der Waals surface area (Å²) < 4.78 is 5.58. The molecule has 0 bridgehead atoms. The number of hydrogen-bond acceptors (Lipinski definition) is 5. The molecule has 3 aliphatic heterocycles. The molecule has 4 rings (SSSR count). The fourth-order valence-corrected chi connectivity index (χ4v) is 5.03. The Labute approximate surface area is 183 Å². The maximum Gasteiger partial charge on any atom is 0.251 e. The molecule has 2 amide bonds. The number of carbonyl (C=O) groups excluding carboxylic acids is 2. The molecular formula is C23H34N4O4. The van der Waals surface area contributed by atoms with Crippen LogP contribution >= 0.6 is 0 Å². The minimum Gasteiger partial charge on any atom is -0.368 e. The van der Waals surface area contributed by atoms with Gasteiger partial charge in [0.1, 0.15) is 11.9 Å². The van der Waals surface area contributed by atoms with Crippen LogP contribution in [0.25, 0.3) is 0 Å². The second-order valence-electron chi connectivity index (χ2n) is 9.43. The molecule has 0 unspecified atom stereocenters. The second kappa shape index (κ2) is 9.51. The Balaban J connectivity index is 1.43. The zero-order chi connectivity index (χ0) is 22.0. The van der Waals surface area contributed by atoms with E-state index in [-0.39, 0.29) is 41.2 Å². The summed E-state index contributed by atoms with van der Waals surface area (Å²) in [7, 11) is 0. The number of rotatable bonds is 4. The molecule has 0 radical (unpaired) electrons. The minimum atomic E-state index is -0.305. The van der Waals surface area contributed by atoms with Crippen LogP contribution in [0.15, 0.2) is 10.9 Å². The summed E-state index contributed by atoms with van der Waals surface area (Å²) in [5.74, 6) is 1.22. The van der Waals surface area contributed by atoms with Gasteiger partial charge in [0.2, 0.25) is 5.91 Å². The van der Waals surface area contributed by atoms with Gasteiger partial charge in [-0.2, -0.15) is 0 Å². The topological polar surface area (TPSA) is 95.6 Å². The number of aromatic nitrogens is 2.